The fourth-order valence-corrected chi connectivity index (χ4v) is 6.55. The molecular formula is C33H41ClF2N8O4. The summed E-state index contributed by atoms with van der Waals surface area (Å²) in [6, 6.07) is 10.0. The highest BCUT2D eigenvalue weighted by Crippen LogP contribution is 2.31. The summed E-state index contributed by atoms with van der Waals surface area (Å²) in [5, 5.41) is 9.87. The Morgan fingerprint density at radius 1 is 0.958 bits per heavy atom. The molecule has 0 aliphatic carbocycles. The van der Waals surface area contributed by atoms with E-state index in [9.17, 15) is 18.4 Å². The lowest BCUT2D eigenvalue weighted by Crippen LogP contribution is -2.63. The van der Waals surface area contributed by atoms with Gasteiger partial charge in [-0.3, -0.25) is 19.7 Å². The van der Waals surface area contributed by atoms with E-state index in [1.54, 1.807) is 23.4 Å². The summed E-state index contributed by atoms with van der Waals surface area (Å²) >= 11 is 4.83. The minimum Gasteiger partial charge on any atom is -0.444 e. The molecule has 0 radical (unpaired) electrons. The number of piperidine rings is 1. The molecule has 0 unspecified atom stereocenters. The van der Waals surface area contributed by atoms with Gasteiger partial charge in [0, 0.05) is 99.7 Å². The number of anilines is 2. The SMILES string of the molecule is CC(C)(C)OC(=O)N1CC(N2CCC(N3CCN(c4ncc(C(=O)Nc5ccc(OC(F)(F)Cl)cc5)cc4-c4ccn[nH]4)CC3)CC2)C1. The Hall–Kier alpha value is -4.01. The molecule has 3 fully saturated rings. The van der Waals surface area contributed by atoms with Crippen LogP contribution in [0.1, 0.15) is 44.0 Å². The van der Waals surface area contributed by atoms with Crippen LogP contribution >= 0.6 is 11.6 Å². The quantitative estimate of drug-likeness (QED) is 0.312. The molecule has 0 spiro atoms. The molecule has 3 aromatic rings. The van der Waals surface area contributed by atoms with Crippen molar-refractivity contribution in [1.82, 2.24) is 29.9 Å². The summed E-state index contributed by atoms with van der Waals surface area (Å²) in [7, 11) is 0. The minimum absolute atomic E-state index is 0.132. The van der Waals surface area contributed by atoms with Gasteiger partial charge in [0.05, 0.1) is 11.3 Å². The predicted octanol–water partition coefficient (Wildman–Crippen LogP) is 5.10. The van der Waals surface area contributed by atoms with E-state index in [0.29, 0.717) is 23.3 Å². The van der Waals surface area contributed by atoms with Gasteiger partial charge in [-0.2, -0.15) is 5.10 Å². The van der Waals surface area contributed by atoms with Crippen LogP contribution in [0.3, 0.4) is 0 Å². The molecule has 6 rings (SSSR count). The van der Waals surface area contributed by atoms with E-state index < -0.39 is 17.1 Å². The predicted molar refractivity (Wildman–Crippen MR) is 178 cm³/mol. The third-order valence-electron chi connectivity index (χ3n) is 8.93. The summed E-state index contributed by atoms with van der Waals surface area (Å²) in [5.74, 6) is 0.239. The summed E-state index contributed by atoms with van der Waals surface area (Å²) in [6.45, 7) is 12.6. The lowest BCUT2D eigenvalue weighted by atomic mass is 9.98. The third kappa shape index (κ3) is 8.34. The first-order valence-electron chi connectivity index (χ1n) is 16.2. The number of rotatable bonds is 8. The molecule has 2 amide bonds. The zero-order valence-electron chi connectivity index (χ0n) is 27.3. The zero-order valence-corrected chi connectivity index (χ0v) is 28.1. The number of carbonyl (C=O) groups is 2. The number of hydrogen-bond acceptors (Lipinski definition) is 9. The topological polar surface area (TPSA) is 119 Å². The number of alkyl halides is 3. The van der Waals surface area contributed by atoms with Crippen molar-refractivity contribution in [1.29, 1.82) is 0 Å². The van der Waals surface area contributed by atoms with Gasteiger partial charge in [-0.15, -0.1) is 8.78 Å². The number of benzene rings is 1. The van der Waals surface area contributed by atoms with Crippen LogP contribution in [0.2, 0.25) is 0 Å². The number of ether oxygens (including phenoxy) is 2. The highest BCUT2D eigenvalue weighted by atomic mass is 35.5. The van der Waals surface area contributed by atoms with Crippen LogP contribution in [0.15, 0.2) is 48.8 Å². The standard InChI is InChI=1S/C33H41ClF2N8O4/c1-32(2,3)48-31(46)44-20-25(21-44)41-12-9-24(10-13-41)42-14-16-43(17-15-42)29-27(28-8-11-38-40-28)18-22(19-37-29)30(45)39-23-4-6-26(7-5-23)47-33(34,35)36/h4-8,11,18-19,24-25H,9-10,12-17,20-21H2,1-3H3,(H,38,40)(H,39,45). The first-order chi connectivity index (χ1) is 22.8. The van der Waals surface area contributed by atoms with Crippen molar-refractivity contribution >= 4 is 35.1 Å². The van der Waals surface area contributed by atoms with Crippen molar-refractivity contribution in [3.05, 3.63) is 54.4 Å². The number of aromatic amines is 1. The van der Waals surface area contributed by atoms with Crippen LogP contribution in [0, 0.1) is 0 Å². The second kappa shape index (κ2) is 13.8. The highest BCUT2D eigenvalue weighted by molar-refractivity contribution is 6.20. The Kier molecular flexibility index (Phi) is 9.77. The van der Waals surface area contributed by atoms with Gasteiger partial charge < -0.3 is 24.6 Å². The zero-order chi connectivity index (χ0) is 34.1. The number of H-pyrrole nitrogens is 1. The molecule has 12 nitrogen and oxygen atoms in total. The van der Waals surface area contributed by atoms with E-state index in [0.717, 1.165) is 82.3 Å². The van der Waals surface area contributed by atoms with Crippen LogP contribution in [0.25, 0.3) is 11.3 Å². The van der Waals surface area contributed by atoms with Crippen molar-refractivity contribution in [2.24, 2.45) is 0 Å². The largest absolute Gasteiger partial charge is 0.487 e. The van der Waals surface area contributed by atoms with Crippen molar-refractivity contribution < 1.29 is 27.8 Å². The number of amides is 2. The molecule has 0 saturated carbocycles. The number of nitrogens with zero attached hydrogens (tertiary/aromatic N) is 6. The second-order valence-corrected chi connectivity index (χ2v) is 13.9. The molecule has 5 heterocycles. The third-order valence-corrected chi connectivity index (χ3v) is 9.00. The van der Waals surface area contributed by atoms with Crippen LogP contribution in [0.5, 0.6) is 5.75 Å². The summed E-state index contributed by atoms with van der Waals surface area (Å²) in [6.07, 6.45) is 5.16. The van der Waals surface area contributed by atoms with Gasteiger partial charge in [-0.1, -0.05) is 0 Å². The van der Waals surface area contributed by atoms with Crippen LogP contribution in [-0.2, 0) is 4.74 Å². The average Bonchev–Trinajstić information content (AvgIpc) is 3.55. The van der Waals surface area contributed by atoms with E-state index in [-0.39, 0.29) is 11.8 Å². The molecule has 0 bridgehead atoms. The fourth-order valence-electron chi connectivity index (χ4n) is 6.46. The first kappa shape index (κ1) is 33.9. The minimum atomic E-state index is -3.82. The number of likely N-dealkylation sites (tertiary alicyclic amines) is 2. The maximum Gasteiger partial charge on any atom is 0.487 e. The maximum absolute atomic E-state index is 13.1. The molecule has 2 N–H and O–H groups in total. The van der Waals surface area contributed by atoms with Gasteiger partial charge >= 0.3 is 11.7 Å². The number of hydrogen-bond donors (Lipinski definition) is 2. The average molecular weight is 687 g/mol. The molecule has 3 saturated heterocycles. The molecule has 3 aliphatic heterocycles. The molecule has 0 atom stereocenters. The van der Waals surface area contributed by atoms with Gasteiger partial charge in [0.1, 0.15) is 17.2 Å². The number of halogens is 3. The molecule has 48 heavy (non-hydrogen) atoms. The molecular weight excluding hydrogens is 646 g/mol. The van der Waals surface area contributed by atoms with E-state index in [1.165, 1.54) is 24.3 Å². The van der Waals surface area contributed by atoms with Gasteiger partial charge in [-0.05, 0) is 70.0 Å². The van der Waals surface area contributed by atoms with Crippen molar-refractivity contribution in [2.75, 3.05) is 62.6 Å². The molecule has 15 heteroatoms. The first-order valence-corrected chi connectivity index (χ1v) is 16.6. The maximum atomic E-state index is 13.1. The number of carbonyl (C=O) groups excluding carboxylic acids is 2. The summed E-state index contributed by atoms with van der Waals surface area (Å²) < 4.78 is 35.7. The summed E-state index contributed by atoms with van der Waals surface area (Å²) in [4.78, 5) is 39.3. The molecule has 1 aromatic carbocycles. The van der Waals surface area contributed by atoms with E-state index in [4.69, 9.17) is 21.3 Å². The van der Waals surface area contributed by atoms with Crippen molar-refractivity contribution in [2.45, 2.75) is 56.9 Å². The van der Waals surface area contributed by atoms with Gasteiger partial charge in [0.2, 0.25) is 0 Å². The monoisotopic (exact) mass is 686 g/mol. The molecule has 258 valence electrons. The number of aromatic nitrogens is 3. The fraction of sp³-hybridized carbons (Fsp3) is 0.515. The number of piperazine rings is 1. The van der Waals surface area contributed by atoms with E-state index in [2.05, 4.69) is 35.0 Å². The van der Waals surface area contributed by atoms with Gasteiger partial charge in [0.25, 0.3) is 5.91 Å². The Morgan fingerprint density at radius 3 is 2.23 bits per heavy atom. The van der Waals surface area contributed by atoms with Gasteiger partial charge in [-0.25, -0.2) is 9.78 Å². The molecule has 3 aliphatic rings. The van der Waals surface area contributed by atoms with Crippen molar-refractivity contribution in [3.63, 3.8) is 0 Å². The smallest absolute Gasteiger partial charge is 0.444 e. The van der Waals surface area contributed by atoms with E-state index in [1.807, 2.05) is 26.8 Å². The van der Waals surface area contributed by atoms with Gasteiger partial charge in [0.15, 0.2) is 0 Å². The number of nitrogens with one attached hydrogen (secondary N) is 2. The highest BCUT2D eigenvalue weighted by Gasteiger charge is 2.39. The Morgan fingerprint density at radius 2 is 1.62 bits per heavy atom. The normalized spacial score (nSPS) is 18.8. The summed E-state index contributed by atoms with van der Waals surface area (Å²) in [5.41, 5.74) is -2.07. The van der Waals surface area contributed by atoms with Crippen LogP contribution in [-0.4, -0.2) is 117 Å². The lowest BCUT2D eigenvalue weighted by Gasteiger charge is -2.49. The number of pyridine rings is 1. The van der Waals surface area contributed by atoms with Crippen LogP contribution in [0.4, 0.5) is 25.1 Å². The van der Waals surface area contributed by atoms with Crippen molar-refractivity contribution in [3.8, 4) is 17.0 Å². The Labute approximate surface area is 283 Å². The van der Waals surface area contributed by atoms with Crippen LogP contribution < -0.4 is 15.0 Å². The Bertz CT molecular complexity index is 1560. The Balaban J connectivity index is 1.02. The lowest BCUT2D eigenvalue weighted by molar-refractivity contribution is -0.0964. The second-order valence-electron chi connectivity index (χ2n) is 13.4. The molecule has 2 aromatic heterocycles. The van der Waals surface area contributed by atoms with E-state index >= 15 is 0 Å².